The summed E-state index contributed by atoms with van der Waals surface area (Å²) in [4.78, 5) is 50.2. The van der Waals surface area contributed by atoms with Crippen molar-refractivity contribution in [2.24, 2.45) is 0 Å². The largest absolute Gasteiger partial charge is 0.573 e. The lowest BCUT2D eigenvalue weighted by Crippen LogP contribution is -2.52. The SMILES string of the molecule is O=C1CCC(N2Cc3cc(C(=O)N[C@H](c4ccc(OC(F)(F)F)cc4)C(F)(F)F)ccc3C2=O)C(=O)N1. The highest BCUT2D eigenvalue weighted by molar-refractivity contribution is 6.06. The average Bonchev–Trinajstić information content (AvgIpc) is 3.12. The number of amides is 4. The van der Waals surface area contributed by atoms with Crippen LogP contribution in [0, 0.1) is 0 Å². The van der Waals surface area contributed by atoms with E-state index in [-0.39, 0.29) is 30.5 Å². The highest BCUT2D eigenvalue weighted by atomic mass is 19.4. The molecule has 2 atom stereocenters. The summed E-state index contributed by atoms with van der Waals surface area (Å²) in [7, 11) is 0. The summed E-state index contributed by atoms with van der Waals surface area (Å²) in [6, 6.07) is 3.05. The molecule has 0 saturated carbocycles. The van der Waals surface area contributed by atoms with Crippen LogP contribution in [0.2, 0.25) is 0 Å². The number of rotatable bonds is 5. The fourth-order valence-corrected chi connectivity index (χ4v) is 4.15. The lowest BCUT2D eigenvalue weighted by atomic mass is 10.0. The second kappa shape index (κ2) is 9.41. The van der Waals surface area contributed by atoms with Crippen LogP contribution in [0.25, 0.3) is 0 Å². The third-order valence-electron chi connectivity index (χ3n) is 5.84. The van der Waals surface area contributed by atoms with E-state index < -0.39 is 59.6 Å². The maximum atomic E-state index is 13.7. The second-order valence-electron chi connectivity index (χ2n) is 8.34. The van der Waals surface area contributed by atoms with E-state index in [2.05, 4.69) is 10.1 Å². The molecule has 2 aliphatic heterocycles. The first-order chi connectivity index (χ1) is 17.2. The lowest BCUT2D eigenvalue weighted by molar-refractivity contribution is -0.274. The number of benzene rings is 2. The number of fused-ring (bicyclic) bond motifs is 1. The van der Waals surface area contributed by atoms with Crippen LogP contribution in [0.3, 0.4) is 0 Å². The number of imide groups is 1. The molecule has 1 fully saturated rings. The molecule has 0 spiro atoms. The highest BCUT2D eigenvalue weighted by Crippen LogP contribution is 2.35. The van der Waals surface area contributed by atoms with Crippen molar-refractivity contribution in [3.8, 4) is 5.75 Å². The molecule has 196 valence electrons. The fraction of sp³-hybridized carbons (Fsp3) is 0.304. The second-order valence-corrected chi connectivity index (χ2v) is 8.34. The zero-order valence-electron chi connectivity index (χ0n) is 18.6. The number of halogens is 6. The van der Waals surface area contributed by atoms with E-state index in [1.165, 1.54) is 17.0 Å². The van der Waals surface area contributed by atoms with E-state index in [0.29, 0.717) is 17.7 Å². The first kappa shape index (κ1) is 26.0. The van der Waals surface area contributed by atoms with Crippen molar-refractivity contribution in [2.45, 2.75) is 44.0 Å². The molecule has 0 aliphatic carbocycles. The maximum absolute atomic E-state index is 13.7. The third kappa shape index (κ3) is 5.67. The molecule has 4 amide bonds. The van der Waals surface area contributed by atoms with Crippen LogP contribution >= 0.6 is 0 Å². The number of hydrogen-bond acceptors (Lipinski definition) is 5. The number of nitrogens with zero attached hydrogens (tertiary/aromatic N) is 1. The molecule has 2 aromatic carbocycles. The van der Waals surface area contributed by atoms with Crippen LogP contribution in [-0.4, -0.2) is 47.1 Å². The van der Waals surface area contributed by atoms with Crippen LogP contribution < -0.4 is 15.4 Å². The molecular weight excluding hydrogens is 512 g/mol. The number of carbonyl (C=O) groups excluding carboxylic acids is 4. The van der Waals surface area contributed by atoms with Crippen LogP contribution in [0.15, 0.2) is 42.5 Å². The molecule has 2 heterocycles. The van der Waals surface area contributed by atoms with Gasteiger partial charge in [-0.05, 0) is 47.9 Å². The Bertz CT molecular complexity index is 1260. The minimum atomic E-state index is -5.03. The fourth-order valence-electron chi connectivity index (χ4n) is 4.15. The summed E-state index contributed by atoms with van der Waals surface area (Å²) in [5.41, 5.74) is -0.271. The van der Waals surface area contributed by atoms with E-state index in [0.717, 1.165) is 18.2 Å². The number of carbonyl (C=O) groups is 4. The molecule has 37 heavy (non-hydrogen) atoms. The van der Waals surface area contributed by atoms with Crippen molar-refractivity contribution in [3.05, 3.63) is 64.7 Å². The van der Waals surface area contributed by atoms with E-state index in [9.17, 15) is 45.5 Å². The van der Waals surface area contributed by atoms with Crippen molar-refractivity contribution in [2.75, 3.05) is 0 Å². The van der Waals surface area contributed by atoms with Gasteiger partial charge >= 0.3 is 12.5 Å². The predicted molar refractivity (Wildman–Crippen MR) is 112 cm³/mol. The van der Waals surface area contributed by atoms with Crippen molar-refractivity contribution < 1.29 is 50.3 Å². The minimum Gasteiger partial charge on any atom is -0.406 e. The van der Waals surface area contributed by atoms with Gasteiger partial charge in [0.25, 0.3) is 11.8 Å². The zero-order chi connectivity index (χ0) is 27.1. The van der Waals surface area contributed by atoms with Crippen molar-refractivity contribution in [1.82, 2.24) is 15.5 Å². The molecule has 0 bridgehead atoms. The van der Waals surface area contributed by atoms with Gasteiger partial charge in [-0.1, -0.05) is 12.1 Å². The Kier molecular flexibility index (Phi) is 6.60. The predicted octanol–water partition coefficient (Wildman–Crippen LogP) is 3.38. The number of alkyl halides is 6. The molecule has 2 aromatic rings. The van der Waals surface area contributed by atoms with Gasteiger partial charge < -0.3 is 15.0 Å². The van der Waals surface area contributed by atoms with E-state index >= 15 is 0 Å². The van der Waals surface area contributed by atoms with E-state index in [1.807, 2.05) is 5.32 Å². The molecule has 2 aliphatic rings. The number of piperidine rings is 1. The van der Waals surface area contributed by atoms with Crippen molar-refractivity contribution in [3.63, 3.8) is 0 Å². The summed E-state index contributed by atoms with van der Waals surface area (Å²) in [5.74, 6) is -3.51. The van der Waals surface area contributed by atoms with Gasteiger partial charge in [-0.15, -0.1) is 13.2 Å². The van der Waals surface area contributed by atoms with Gasteiger partial charge in [0, 0.05) is 24.1 Å². The normalized spacial score (nSPS) is 18.8. The summed E-state index contributed by atoms with van der Waals surface area (Å²) in [6.07, 6.45) is -9.87. The average molecular weight is 529 g/mol. The first-order valence-electron chi connectivity index (χ1n) is 10.7. The van der Waals surface area contributed by atoms with Crippen molar-refractivity contribution in [1.29, 1.82) is 0 Å². The van der Waals surface area contributed by atoms with Crippen LogP contribution in [0.4, 0.5) is 26.3 Å². The Labute approximate surface area is 204 Å². The maximum Gasteiger partial charge on any atom is 0.573 e. The Morgan fingerprint density at radius 2 is 1.70 bits per heavy atom. The summed E-state index contributed by atoms with van der Waals surface area (Å²) < 4.78 is 81.7. The third-order valence-corrected chi connectivity index (χ3v) is 5.84. The molecule has 14 heteroatoms. The zero-order valence-corrected chi connectivity index (χ0v) is 18.6. The van der Waals surface area contributed by atoms with Gasteiger partial charge in [0.05, 0.1) is 0 Å². The molecule has 0 aromatic heterocycles. The minimum absolute atomic E-state index is 0.0341. The Hall–Kier alpha value is -4.10. The monoisotopic (exact) mass is 529 g/mol. The van der Waals surface area contributed by atoms with Gasteiger partial charge in [0.1, 0.15) is 11.8 Å². The Morgan fingerprint density at radius 1 is 1.03 bits per heavy atom. The molecule has 0 radical (unpaired) electrons. The Morgan fingerprint density at radius 3 is 2.30 bits per heavy atom. The lowest BCUT2D eigenvalue weighted by Gasteiger charge is -2.29. The number of ether oxygens (including phenoxy) is 1. The van der Waals surface area contributed by atoms with Gasteiger partial charge in [0.2, 0.25) is 11.8 Å². The number of hydrogen-bond donors (Lipinski definition) is 2. The van der Waals surface area contributed by atoms with Gasteiger partial charge in [0.15, 0.2) is 6.04 Å². The molecule has 2 N–H and O–H groups in total. The Balaban J connectivity index is 1.51. The standard InChI is InChI=1S/C23H17F6N3O5/c24-22(25,26)18(11-1-4-14(5-2-11)37-23(27,28)29)31-19(34)12-3-6-15-13(9-12)10-32(21(15)36)16-7-8-17(33)30-20(16)35/h1-6,9,16,18H,7-8,10H2,(H,31,34)(H,30,33,35)/t16?,18-/m1/s1. The first-order valence-corrected chi connectivity index (χ1v) is 10.7. The molecular formula is C23H17F6N3O5. The summed E-state index contributed by atoms with van der Waals surface area (Å²) in [6.45, 7) is -0.0923. The van der Waals surface area contributed by atoms with Gasteiger partial charge in [-0.2, -0.15) is 13.2 Å². The molecule has 1 saturated heterocycles. The molecule has 4 rings (SSSR count). The van der Waals surface area contributed by atoms with E-state index in [1.54, 1.807) is 0 Å². The van der Waals surface area contributed by atoms with Crippen LogP contribution in [0.5, 0.6) is 5.75 Å². The topological polar surface area (TPSA) is 105 Å². The summed E-state index contributed by atoms with van der Waals surface area (Å²) in [5, 5.41) is 3.96. The van der Waals surface area contributed by atoms with Crippen LogP contribution in [-0.2, 0) is 16.1 Å². The van der Waals surface area contributed by atoms with Crippen molar-refractivity contribution >= 4 is 23.6 Å². The molecule has 1 unspecified atom stereocenters. The van der Waals surface area contributed by atoms with Gasteiger partial charge in [-0.3, -0.25) is 24.5 Å². The number of nitrogens with one attached hydrogen (secondary N) is 2. The smallest absolute Gasteiger partial charge is 0.406 e. The van der Waals surface area contributed by atoms with E-state index in [4.69, 9.17) is 0 Å². The van der Waals surface area contributed by atoms with Gasteiger partial charge in [-0.25, -0.2) is 0 Å². The molecule has 8 nitrogen and oxygen atoms in total. The quantitative estimate of drug-likeness (QED) is 0.457. The highest BCUT2D eigenvalue weighted by Gasteiger charge is 2.43. The van der Waals surface area contributed by atoms with Crippen LogP contribution in [0.1, 0.15) is 50.7 Å². The summed E-state index contributed by atoms with van der Waals surface area (Å²) >= 11 is 0.